The number of hydrogen-bond donors (Lipinski definition) is 3. The lowest BCUT2D eigenvalue weighted by molar-refractivity contribution is 0.311. The second-order valence-electron chi connectivity index (χ2n) is 5.83. The van der Waals surface area contributed by atoms with Crippen molar-refractivity contribution in [1.29, 1.82) is 0 Å². The van der Waals surface area contributed by atoms with Crippen LogP contribution in [-0.4, -0.2) is 39.3 Å². The number of hydrogen-bond acceptors (Lipinski definition) is 6. The van der Waals surface area contributed by atoms with Gasteiger partial charge in [0.1, 0.15) is 11.6 Å². The number of pyridine rings is 3. The van der Waals surface area contributed by atoms with Crippen molar-refractivity contribution in [1.82, 2.24) is 15.0 Å². The van der Waals surface area contributed by atoms with E-state index in [9.17, 15) is 0 Å². The Morgan fingerprint density at radius 3 is 2.83 bits per heavy atom. The highest BCUT2D eigenvalue weighted by Crippen LogP contribution is 2.28. The van der Waals surface area contributed by atoms with Crippen LogP contribution in [0.5, 0.6) is 0 Å². The summed E-state index contributed by atoms with van der Waals surface area (Å²) >= 11 is 0. The van der Waals surface area contributed by atoms with E-state index in [-0.39, 0.29) is 6.61 Å². The van der Waals surface area contributed by atoms with Crippen molar-refractivity contribution in [3.8, 4) is 11.3 Å². The minimum atomic E-state index is 0.0518. The van der Waals surface area contributed by atoms with E-state index in [1.165, 1.54) is 0 Å². The molecule has 0 saturated carbocycles. The van der Waals surface area contributed by atoms with Crippen molar-refractivity contribution in [3.05, 3.63) is 42.9 Å². The third-order valence-corrected chi connectivity index (χ3v) is 3.53. The fourth-order valence-electron chi connectivity index (χ4n) is 2.52. The fourth-order valence-corrected chi connectivity index (χ4v) is 2.52. The van der Waals surface area contributed by atoms with Gasteiger partial charge in [0.2, 0.25) is 0 Å². The first kappa shape index (κ1) is 16.1. The number of aliphatic hydroxyl groups is 1. The molecule has 124 valence electrons. The van der Waals surface area contributed by atoms with Crippen molar-refractivity contribution in [2.45, 2.75) is 19.9 Å². The first-order valence-corrected chi connectivity index (χ1v) is 8.00. The molecule has 0 aliphatic carbocycles. The Hall–Kier alpha value is -2.73. The third-order valence-electron chi connectivity index (χ3n) is 3.53. The van der Waals surface area contributed by atoms with Crippen LogP contribution in [-0.2, 0) is 0 Å². The molecule has 0 fully saturated rings. The molecule has 3 aromatic heterocycles. The smallest absolute Gasteiger partial charge is 0.134 e. The zero-order valence-electron chi connectivity index (χ0n) is 13.8. The van der Waals surface area contributed by atoms with Crippen LogP contribution < -0.4 is 10.6 Å². The van der Waals surface area contributed by atoms with Gasteiger partial charge in [0.05, 0.1) is 12.3 Å². The normalized spacial score (nSPS) is 11.0. The summed E-state index contributed by atoms with van der Waals surface area (Å²) < 4.78 is 0. The number of anilines is 2. The molecule has 0 aliphatic rings. The molecule has 3 heterocycles. The molecular formula is C18H21N5O. The summed E-state index contributed by atoms with van der Waals surface area (Å²) in [5.41, 5.74) is 1.82. The minimum absolute atomic E-state index is 0.0518. The van der Waals surface area contributed by atoms with Gasteiger partial charge in [0, 0.05) is 47.5 Å². The minimum Gasteiger partial charge on any atom is -0.395 e. The zero-order valence-corrected chi connectivity index (χ0v) is 13.8. The maximum Gasteiger partial charge on any atom is 0.134 e. The lowest BCUT2D eigenvalue weighted by Gasteiger charge is -2.12. The Bertz CT molecular complexity index is 835. The summed E-state index contributed by atoms with van der Waals surface area (Å²) in [6, 6.07) is 8.17. The van der Waals surface area contributed by atoms with Gasteiger partial charge in [-0.05, 0) is 38.1 Å². The predicted molar refractivity (Wildman–Crippen MR) is 97.1 cm³/mol. The molecule has 3 rings (SSSR count). The number of nitrogens with zero attached hydrogens (tertiary/aromatic N) is 3. The van der Waals surface area contributed by atoms with Crippen LogP contribution in [0.25, 0.3) is 22.0 Å². The van der Waals surface area contributed by atoms with Gasteiger partial charge in [-0.1, -0.05) is 0 Å². The lowest BCUT2D eigenvalue weighted by Crippen LogP contribution is -2.11. The van der Waals surface area contributed by atoms with Crippen molar-refractivity contribution in [2.24, 2.45) is 0 Å². The predicted octanol–water partition coefficient (Wildman–Crippen LogP) is 2.92. The molecule has 24 heavy (non-hydrogen) atoms. The summed E-state index contributed by atoms with van der Waals surface area (Å²) in [7, 11) is 0. The van der Waals surface area contributed by atoms with E-state index in [1.807, 2.05) is 30.5 Å². The van der Waals surface area contributed by atoms with E-state index in [2.05, 4.69) is 34.4 Å². The van der Waals surface area contributed by atoms with Crippen molar-refractivity contribution in [3.63, 3.8) is 0 Å². The summed E-state index contributed by atoms with van der Waals surface area (Å²) in [6.07, 6.45) is 5.33. The Kier molecular flexibility index (Phi) is 4.86. The molecule has 3 N–H and O–H groups in total. The average molecular weight is 323 g/mol. The van der Waals surface area contributed by atoms with Gasteiger partial charge >= 0.3 is 0 Å². The SMILES string of the molecule is CC(C)Nc1cc(-c2cc3cnccc3c(NCCO)n2)ccn1. The van der Waals surface area contributed by atoms with E-state index in [4.69, 9.17) is 10.1 Å². The van der Waals surface area contributed by atoms with Crippen molar-refractivity contribution < 1.29 is 5.11 Å². The Labute approximate surface area is 141 Å². The largest absolute Gasteiger partial charge is 0.395 e. The highest BCUT2D eigenvalue weighted by molar-refractivity contribution is 5.94. The molecule has 0 unspecified atom stereocenters. The molecule has 0 spiro atoms. The maximum absolute atomic E-state index is 9.09. The second-order valence-corrected chi connectivity index (χ2v) is 5.83. The van der Waals surface area contributed by atoms with Crippen LogP contribution in [0.2, 0.25) is 0 Å². The number of aliphatic hydroxyl groups excluding tert-OH is 1. The summed E-state index contributed by atoms with van der Waals surface area (Å²) in [5, 5.41) is 17.5. The second kappa shape index (κ2) is 7.23. The molecule has 6 nitrogen and oxygen atoms in total. The molecule has 0 amide bonds. The number of fused-ring (bicyclic) bond motifs is 1. The van der Waals surface area contributed by atoms with Crippen molar-refractivity contribution >= 4 is 22.4 Å². The lowest BCUT2D eigenvalue weighted by atomic mass is 10.1. The van der Waals surface area contributed by atoms with Crippen LogP contribution in [0.3, 0.4) is 0 Å². The quantitative estimate of drug-likeness (QED) is 0.647. The zero-order chi connectivity index (χ0) is 16.9. The van der Waals surface area contributed by atoms with Crippen LogP contribution in [0.1, 0.15) is 13.8 Å². The summed E-state index contributed by atoms with van der Waals surface area (Å²) in [6.45, 7) is 4.65. The van der Waals surface area contributed by atoms with Gasteiger partial charge < -0.3 is 15.7 Å². The molecule has 0 bridgehead atoms. The van der Waals surface area contributed by atoms with Crippen LogP contribution in [0.4, 0.5) is 11.6 Å². The van der Waals surface area contributed by atoms with E-state index in [1.54, 1.807) is 12.4 Å². The van der Waals surface area contributed by atoms with Gasteiger partial charge in [-0.25, -0.2) is 9.97 Å². The average Bonchev–Trinajstić information content (AvgIpc) is 2.59. The van der Waals surface area contributed by atoms with Crippen LogP contribution in [0, 0.1) is 0 Å². The monoisotopic (exact) mass is 323 g/mol. The Balaban J connectivity index is 2.06. The summed E-state index contributed by atoms with van der Waals surface area (Å²) in [4.78, 5) is 13.3. The third kappa shape index (κ3) is 3.60. The topological polar surface area (TPSA) is 83.0 Å². The molecule has 0 aliphatic heterocycles. The van der Waals surface area contributed by atoms with E-state index in [0.717, 1.165) is 33.7 Å². The van der Waals surface area contributed by atoms with Gasteiger partial charge in [-0.3, -0.25) is 4.98 Å². The molecular weight excluding hydrogens is 302 g/mol. The molecule has 0 radical (unpaired) electrons. The number of rotatable bonds is 6. The highest BCUT2D eigenvalue weighted by Gasteiger charge is 2.09. The molecule has 0 aromatic carbocycles. The van der Waals surface area contributed by atoms with E-state index >= 15 is 0 Å². The summed E-state index contributed by atoms with van der Waals surface area (Å²) in [5.74, 6) is 1.56. The first-order chi connectivity index (χ1) is 11.7. The van der Waals surface area contributed by atoms with E-state index < -0.39 is 0 Å². The number of nitrogens with one attached hydrogen (secondary N) is 2. The molecule has 6 heteroatoms. The van der Waals surface area contributed by atoms with Gasteiger partial charge in [-0.15, -0.1) is 0 Å². The molecule has 0 atom stereocenters. The maximum atomic E-state index is 9.09. The first-order valence-electron chi connectivity index (χ1n) is 8.00. The fraction of sp³-hybridized carbons (Fsp3) is 0.278. The molecule has 3 aromatic rings. The Morgan fingerprint density at radius 2 is 2.04 bits per heavy atom. The number of aromatic nitrogens is 3. The van der Waals surface area contributed by atoms with Crippen molar-refractivity contribution in [2.75, 3.05) is 23.8 Å². The van der Waals surface area contributed by atoms with Gasteiger partial charge in [0.25, 0.3) is 0 Å². The van der Waals surface area contributed by atoms with Gasteiger partial charge in [0.15, 0.2) is 0 Å². The van der Waals surface area contributed by atoms with Gasteiger partial charge in [-0.2, -0.15) is 0 Å². The highest BCUT2D eigenvalue weighted by atomic mass is 16.3. The molecule has 0 saturated heterocycles. The van der Waals surface area contributed by atoms with E-state index in [0.29, 0.717) is 12.6 Å². The van der Waals surface area contributed by atoms with Crippen LogP contribution in [0.15, 0.2) is 42.9 Å². The van der Waals surface area contributed by atoms with Crippen LogP contribution >= 0.6 is 0 Å². The standard InChI is InChI=1S/C18H21N5O/c1-12(2)22-17-10-13(3-6-20-17)16-9-14-11-19-5-4-15(14)18(23-16)21-7-8-24/h3-6,9-12,24H,7-8H2,1-2H3,(H,20,22)(H,21,23). The Morgan fingerprint density at radius 1 is 1.17 bits per heavy atom.